The second-order valence-electron chi connectivity index (χ2n) is 4.48. The minimum atomic E-state index is -0.397. The van der Waals surface area contributed by atoms with Crippen molar-refractivity contribution in [3.8, 4) is 16.9 Å². The lowest BCUT2D eigenvalue weighted by atomic mass is 9.92. The van der Waals surface area contributed by atoms with E-state index < -0.39 is 5.97 Å². The first-order valence-electron chi connectivity index (χ1n) is 6.17. The summed E-state index contributed by atoms with van der Waals surface area (Å²) in [5.41, 5.74) is 3.63. The molecule has 2 aromatic rings. The number of fused-ring (bicyclic) bond motifs is 3. The third-order valence-corrected chi connectivity index (χ3v) is 3.40. The highest BCUT2D eigenvalue weighted by atomic mass is 16.5. The Morgan fingerprint density at radius 2 is 2.10 bits per heavy atom. The Hall–Kier alpha value is -2.62. The maximum absolute atomic E-state index is 11.6. The molecule has 100 valence electrons. The summed E-state index contributed by atoms with van der Waals surface area (Å²) in [4.78, 5) is 22.7. The minimum Gasteiger partial charge on any atom is -0.488 e. The van der Waals surface area contributed by atoms with E-state index in [1.54, 1.807) is 24.3 Å². The van der Waals surface area contributed by atoms with Crippen LogP contribution in [0.4, 0.5) is 0 Å². The van der Waals surface area contributed by atoms with Crippen molar-refractivity contribution in [1.82, 2.24) is 0 Å². The number of hydrogen-bond acceptors (Lipinski definition) is 4. The fourth-order valence-corrected chi connectivity index (χ4v) is 2.39. The van der Waals surface area contributed by atoms with Gasteiger partial charge in [0.2, 0.25) is 0 Å². The SMILES string of the molecule is COC(=O)c1ccc2c(c1)-c1cccc(C=O)c1CO2. The van der Waals surface area contributed by atoms with Crippen molar-refractivity contribution < 1.29 is 19.1 Å². The number of rotatable bonds is 2. The molecule has 0 amide bonds. The summed E-state index contributed by atoms with van der Waals surface area (Å²) >= 11 is 0. The van der Waals surface area contributed by atoms with Gasteiger partial charge in [-0.1, -0.05) is 18.2 Å². The van der Waals surface area contributed by atoms with Crippen molar-refractivity contribution in [3.63, 3.8) is 0 Å². The third-order valence-electron chi connectivity index (χ3n) is 3.40. The molecule has 0 fully saturated rings. The van der Waals surface area contributed by atoms with Crippen molar-refractivity contribution in [1.29, 1.82) is 0 Å². The maximum Gasteiger partial charge on any atom is 0.337 e. The lowest BCUT2D eigenvalue weighted by molar-refractivity contribution is 0.0600. The number of ether oxygens (including phenoxy) is 2. The van der Waals surface area contributed by atoms with Crippen LogP contribution in [0.5, 0.6) is 5.75 Å². The quantitative estimate of drug-likeness (QED) is 0.620. The second-order valence-corrected chi connectivity index (χ2v) is 4.48. The van der Waals surface area contributed by atoms with E-state index in [0.29, 0.717) is 23.5 Å². The molecule has 0 N–H and O–H groups in total. The summed E-state index contributed by atoms with van der Waals surface area (Å²) in [5.74, 6) is 0.305. The molecule has 0 bridgehead atoms. The van der Waals surface area contributed by atoms with Crippen molar-refractivity contribution >= 4 is 12.3 Å². The number of aldehydes is 1. The van der Waals surface area contributed by atoms with Gasteiger partial charge in [0.25, 0.3) is 0 Å². The molecule has 3 rings (SSSR count). The van der Waals surface area contributed by atoms with Gasteiger partial charge in [-0.05, 0) is 23.8 Å². The van der Waals surface area contributed by atoms with E-state index in [-0.39, 0.29) is 0 Å². The standard InChI is InChI=1S/C16H12O4/c1-19-16(18)10-5-6-15-13(7-10)12-4-2-3-11(8-17)14(12)9-20-15/h2-8H,9H2,1H3. The smallest absolute Gasteiger partial charge is 0.337 e. The van der Waals surface area contributed by atoms with Crippen LogP contribution in [-0.4, -0.2) is 19.4 Å². The zero-order valence-corrected chi connectivity index (χ0v) is 10.9. The highest BCUT2D eigenvalue weighted by Gasteiger charge is 2.21. The van der Waals surface area contributed by atoms with Crippen LogP contribution < -0.4 is 4.74 Å². The highest BCUT2D eigenvalue weighted by Crippen LogP contribution is 2.39. The van der Waals surface area contributed by atoms with Crippen molar-refractivity contribution in [3.05, 3.63) is 53.1 Å². The fraction of sp³-hybridized carbons (Fsp3) is 0.125. The van der Waals surface area contributed by atoms with E-state index in [0.717, 1.165) is 23.0 Å². The van der Waals surface area contributed by atoms with E-state index in [1.165, 1.54) is 7.11 Å². The highest BCUT2D eigenvalue weighted by molar-refractivity contribution is 5.93. The van der Waals surface area contributed by atoms with Crippen LogP contribution in [0.15, 0.2) is 36.4 Å². The Morgan fingerprint density at radius 1 is 1.25 bits per heavy atom. The van der Waals surface area contributed by atoms with Crippen molar-refractivity contribution in [2.24, 2.45) is 0 Å². The Kier molecular flexibility index (Phi) is 2.99. The predicted octanol–water partition coefficient (Wildman–Crippen LogP) is 2.85. The third kappa shape index (κ3) is 1.86. The normalized spacial score (nSPS) is 11.8. The molecule has 0 aliphatic carbocycles. The molecule has 4 heteroatoms. The number of esters is 1. The number of carbonyl (C=O) groups excluding carboxylic acids is 2. The number of methoxy groups -OCH3 is 1. The number of hydrogen-bond donors (Lipinski definition) is 0. The summed E-state index contributed by atoms with van der Waals surface area (Å²) in [7, 11) is 1.34. The minimum absolute atomic E-state index is 0.356. The van der Waals surface area contributed by atoms with Gasteiger partial charge in [-0.25, -0.2) is 4.79 Å². The van der Waals surface area contributed by atoms with Gasteiger partial charge in [0.1, 0.15) is 18.6 Å². The Balaban J connectivity index is 2.19. The second kappa shape index (κ2) is 4.81. The first-order valence-corrected chi connectivity index (χ1v) is 6.17. The summed E-state index contributed by atoms with van der Waals surface area (Å²) in [6.45, 7) is 0.356. The molecule has 1 aliphatic heterocycles. The zero-order valence-electron chi connectivity index (χ0n) is 10.9. The average molecular weight is 268 g/mol. The van der Waals surface area contributed by atoms with Crippen LogP contribution >= 0.6 is 0 Å². The van der Waals surface area contributed by atoms with Gasteiger partial charge in [-0.3, -0.25) is 4.79 Å². The molecule has 20 heavy (non-hydrogen) atoms. The van der Waals surface area contributed by atoms with E-state index in [2.05, 4.69) is 0 Å². The monoisotopic (exact) mass is 268 g/mol. The summed E-state index contributed by atoms with van der Waals surface area (Å²) in [6.07, 6.45) is 0.817. The topological polar surface area (TPSA) is 52.6 Å². The van der Waals surface area contributed by atoms with Crippen molar-refractivity contribution in [2.45, 2.75) is 6.61 Å². The summed E-state index contributed by atoms with van der Waals surface area (Å²) < 4.78 is 10.4. The van der Waals surface area contributed by atoms with E-state index >= 15 is 0 Å². The molecule has 0 atom stereocenters. The lowest BCUT2D eigenvalue weighted by Gasteiger charge is -2.22. The molecule has 0 saturated heterocycles. The van der Waals surface area contributed by atoms with Crippen LogP contribution in [0.2, 0.25) is 0 Å². The number of benzene rings is 2. The molecular weight excluding hydrogens is 256 g/mol. The summed E-state index contributed by atoms with van der Waals surface area (Å²) in [5, 5.41) is 0. The van der Waals surface area contributed by atoms with Gasteiger partial charge >= 0.3 is 5.97 Å². The van der Waals surface area contributed by atoms with E-state index in [1.807, 2.05) is 12.1 Å². The molecule has 0 spiro atoms. The summed E-state index contributed by atoms with van der Waals surface area (Å²) in [6, 6.07) is 10.6. The molecular formula is C16H12O4. The molecule has 0 radical (unpaired) electrons. The van der Waals surface area contributed by atoms with Gasteiger partial charge in [-0.15, -0.1) is 0 Å². The molecule has 0 unspecified atom stereocenters. The Bertz CT molecular complexity index is 704. The number of carbonyl (C=O) groups is 2. The Morgan fingerprint density at radius 3 is 2.85 bits per heavy atom. The lowest BCUT2D eigenvalue weighted by Crippen LogP contribution is -2.10. The van der Waals surface area contributed by atoms with Gasteiger partial charge < -0.3 is 9.47 Å². The molecule has 0 saturated carbocycles. The van der Waals surface area contributed by atoms with Crippen LogP contribution in [0.25, 0.3) is 11.1 Å². The fourth-order valence-electron chi connectivity index (χ4n) is 2.39. The van der Waals surface area contributed by atoms with Crippen LogP contribution in [0.1, 0.15) is 26.3 Å². The van der Waals surface area contributed by atoms with Crippen molar-refractivity contribution in [2.75, 3.05) is 7.11 Å². The zero-order chi connectivity index (χ0) is 14.1. The first kappa shape index (κ1) is 12.4. The molecule has 1 heterocycles. The molecule has 2 aromatic carbocycles. The largest absolute Gasteiger partial charge is 0.488 e. The van der Waals surface area contributed by atoms with Gasteiger partial charge in [-0.2, -0.15) is 0 Å². The molecule has 4 nitrogen and oxygen atoms in total. The van der Waals surface area contributed by atoms with Gasteiger partial charge in [0, 0.05) is 16.7 Å². The van der Waals surface area contributed by atoms with Crippen LogP contribution in [-0.2, 0) is 11.3 Å². The average Bonchev–Trinajstić information content (AvgIpc) is 2.52. The van der Waals surface area contributed by atoms with E-state index in [9.17, 15) is 9.59 Å². The predicted molar refractivity (Wildman–Crippen MR) is 72.9 cm³/mol. The van der Waals surface area contributed by atoms with Gasteiger partial charge in [0.05, 0.1) is 12.7 Å². The molecule has 0 aromatic heterocycles. The van der Waals surface area contributed by atoms with Crippen LogP contribution in [0.3, 0.4) is 0 Å². The molecule has 1 aliphatic rings. The van der Waals surface area contributed by atoms with Crippen LogP contribution in [0, 0.1) is 0 Å². The Labute approximate surface area is 115 Å². The van der Waals surface area contributed by atoms with E-state index in [4.69, 9.17) is 9.47 Å². The maximum atomic E-state index is 11.6. The first-order chi connectivity index (χ1) is 9.74. The van der Waals surface area contributed by atoms with Gasteiger partial charge in [0.15, 0.2) is 0 Å².